The Balaban J connectivity index is 1.71. The van der Waals surface area contributed by atoms with Crippen LogP contribution in [0.5, 0.6) is 0 Å². The second kappa shape index (κ2) is 4.40. The van der Waals surface area contributed by atoms with Crippen molar-refractivity contribution in [2.24, 2.45) is 0 Å². The highest BCUT2D eigenvalue weighted by atomic mass is 19.1. The van der Waals surface area contributed by atoms with Gasteiger partial charge in [0.15, 0.2) is 0 Å². The van der Waals surface area contributed by atoms with Gasteiger partial charge in [0.2, 0.25) is 0 Å². The molecule has 1 aliphatic carbocycles. The van der Waals surface area contributed by atoms with E-state index in [1.54, 1.807) is 12.5 Å². The van der Waals surface area contributed by atoms with Crippen molar-refractivity contribution >= 4 is 5.69 Å². The Bertz CT molecular complexity index is 561. The molecule has 1 aromatic heterocycles. The van der Waals surface area contributed by atoms with E-state index in [4.69, 9.17) is 0 Å². The lowest BCUT2D eigenvalue weighted by Crippen LogP contribution is -2.07. The molecule has 1 aliphatic rings. The summed E-state index contributed by atoms with van der Waals surface area (Å²) in [4.78, 5) is 4.10. The van der Waals surface area contributed by atoms with Gasteiger partial charge in [0, 0.05) is 18.3 Å². The van der Waals surface area contributed by atoms with Crippen LogP contribution in [0, 0.1) is 11.6 Å². The van der Waals surface area contributed by atoms with Crippen molar-refractivity contribution in [1.29, 1.82) is 0 Å². The average molecular weight is 249 g/mol. The minimum atomic E-state index is -0.576. The Hall–Kier alpha value is -1.91. The standard InChI is InChI=1S/C13H13F2N3/c14-9-1-4-13(12(15)5-9)17-7-11-6-16-8-18(11)10-2-3-10/h1,4-6,8,10,17H,2-3,7H2. The van der Waals surface area contributed by atoms with Crippen molar-refractivity contribution in [2.75, 3.05) is 5.32 Å². The Kier molecular flexibility index (Phi) is 2.74. The number of hydrogen-bond acceptors (Lipinski definition) is 2. The second-order valence-corrected chi connectivity index (χ2v) is 4.50. The summed E-state index contributed by atoms with van der Waals surface area (Å²) in [6.07, 6.45) is 5.92. The fourth-order valence-corrected chi connectivity index (χ4v) is 1.97. The molecule has 1 N–H and O–H groups in total. The van der Waals surface area contributed by atoms with E-state index in [1.165, 1.54) is 25.0 Å². The summed E-state index contributed by atoms with van der Waals surface area (Å²) >= 11 is 0. The molecule has 0 bridgehead atoms. The normalized spacial score (nSPS) is 14.8. The first-order valence-electron chi connectivity index (χ1n) is 5.93. The van der Waals surface area contributed by atoms with Gasteiger partial charge in [-0.2, -0.15) is 0 Å². The average Bonchev–Trinajstić information content (AvgIpc) is 3.08. The van der Waals surface area contributed by atoms with Crippen LogP contribution in [0.1, 0.15) is 24.6 Å². The Morgan fingerprint density at radius 1 is 1.33 bits per heavy atom. The number of anilines is 1. The van der Waals surface area contributed by atoms with Gasteiger partial charge in [-0.05, 0) is 25.0 Å². The molecular weight excluding hydrogens is 236 g/mol. The molecule has 18 heavy (non-hydrogen) atoms. The summed E-state index contributed by atoms with van der Waals surface area (Å²) in [5.74, 6) is -1.14. The van der Waals surface area contributed by atoms with Gasteiger partial charge >= 0.3 is 0 Å². The van der Waals surface area contributed by atoms with Crippen LogP contribution in [0.15, 0.2) is 30.7 Å². The number of aromatic nitrogens is 2. The maximum Gasteiger partial charge on any atom is 0.149 e. The molecule has 94 valence electrons. The van der Waals surface area contributed by atoms with Gasteiger partial charge in [-0.25, -0.2) is 13.8 Å². The molecule has 3 nitrogen and oxygen atoms in total. The third-order valence-corrected chi connectivity index (χ3v) is 3.08. The maximum absolute atomic E-state index is 13.4. The molecular formula is C13H13F2N3. The molecule has 5 heteroatoms. The molecule has 1 saturated carbocycles. The van der Waals surface area contributed by atoms with Crippen molar-refractivity contribution in [3.63, 3.8) is 0 Å². The predicted octanol–water partition coefficient (Wildman–Crippen LogP) is 3.11. The molecule has 0 spiro atoms. The SMILES string of the molecule is Fc1ccc(NCc2cncn2C2CC2)c(F)c1. The maximum atomic E-state index is 13.4. The highest BCUT2D eigenvalue weighted by Crippen LogP contribution is 2.35. The smallest absolute Gasteiger partial charge is 0.149 e. The third-order valence-electron chi connectivity index (χ3n) is 3.08. The molecule has 2 aromatic rings. The summed E-state index contributed by atoms with van der Waals surface area (Å²) in [5, 5.41) is 2.96. The number of nitrogens with zero attached hydrogens (tertiary/aromatic N) is 2. The number of hydrogen-bond donors (Lipinski definition) is 1. The summed E-state index contributed by atoms with van der Waals surface area (Å²) in [6, 6.07) is 4.06. The van der Waals surface area contributed by atoms with Gasteiger partial charge in [0.1, 0.15) is 11.6 Å². The van der Waals surface area contributed by atoms with Crippen LogP contribution in [-0.2, 0) is 6.54 Å². The fraction of sp³-hybridized carbons (Fsp3) is 0.308. The Morgan fingerprint density at radius 2 is 2.17 bits per heavy atom. The Morgan fingerprint density at radius 3 is 2.89 bits per heavy atom. The zero-order valence-corrected chi connectivity index (χ0v) is 9.74. The summed E-state index contributed by atoms with van der Waals surface area (Å²) in [5.41, 5.74) is 1.32. The zero-order valence-electron chi connectivity index (χ0n) is 9.74. The fourth-order valence-electron chi connectivity index (χ4n) is 1.97. The van der Waals surface area contributed by atoms with Gasteiger partial charge in [-0.1, -0.05) is 0 Å². The topological polar surface area (TPSA) is 29.9 Å². The quantitative estimate of drug-likeness (QED) is 0.902. The molecule has 0 atom stereocenters. The predicted molar refractivity (Wildman–Crippen MR) is 64.2 cm³/mol. The molecule has 0 aliphatic heterocycles. The third kappa shape index (κ3) is 2.20. The minimum absolute atomic E-state index is 0.306. The highest BCUT2D eigenvalue weighted by Gasteiger charge is 2.25. The van der Waals surface area contributed by atoms with E-state index < -0.39 is 11.6 Å². The lowest BCUT2D eigenvalue weighted by Gasteiger charge is -2.09. The molecule has 1 fully saturated rings. The Labute approximate surface area is 103 Å². The van der Waals surface area contributed by atoms with Crippen molar-refractivity contribution in [1.82, 2.24) is 9.55 Å². The number of benzene rings is 1. The lowest BCUT2D eigenvalue weighted by molar-refractivity contribution is 0.584. The van der Waals surface area contributed by atoms with Crippen molar-refractivity contribution < 1.29 is 8.78 Å². The highest BCUT2D eigenvalue weighted by molar-refractivity contribution is 5.44. The molecule has 3 rings (SSSR count). The van der Waals surface area contributed by atoms with E-state index in [-0.39, 0.29) is 0 Å². The van der Waals surface area contributed by atoms with Gasteiger partial charge in [-0.15, -0.1) is 0 Å². The summed E-state index contributed by atoms with van der Waals surface area (Å²) in [7, 11) is 0. The van der Waals surface area contributed by atoms with Crippen LogP contribution in [0.3, 0.4) is 0 Å². The van der Waals surface area contributed by atoms with Crippen LogP contribution in [-0.4, -0.2) is 9.55 Å². The zero-order chi connectivity index (χ0) is 12.5. The van der Waals surface area contributed by atoms with Crippen molar-refractivity contribution in [3.05, 3.63) is 48.1 Å². The van der Waals surface area contributed by atoms with E-state index in [1.807, 2.05) is 0 Å². The van der Waals surface area contributed by atoms with Gasteiger partial charge < -0.3 is 9.88 Å². The first-order valence-corrected chi connectivity index (χ1v) is 5.93. The molecule has 1 aromatic carbocycles. The molecule has 0 radical (unpaired) electrons. The van der Waals surface area contributed by atoms with Gasteiger partial charge in [0.05, 0.1) is 24.3 Å². The molecule has 0 amide bonds. The van der Waals surface area contributed by atoms with Crippen LogP contribution in [0.25, 0.3) is 0 Å². The second-order valence-electron chi connectivity index (χ2n) is 4.50. The van der Waals surface area contributed by atoms with Crippen LogP contribution in [0.4, 0.5) is 14.5 Å². The van der Waals surface area contributed by atoms with E-state index >= 15 is 0 Å². The number of imidazole rings is 1. The van der Waals surface area contributed by atoms with E-state index in [0.717, 1.165) is 11.8 Å². The van der Waals surface area contributed by atoms with Gasteiger partial charge in [0.25, 0.3) is 0 Å². The number of nitrogens with one attached hydrogen (secondary N) is 1. The summed E-state index contributed by atoms with van der Waals surface area (Å²) < 4.78 is 28.3. The molecule has 0 unspecified atom stereocenters. The minimum Gasteiger partial charge on any atom is -0.377 e. The van der Waals surface area contributed by atoms with Crippen molar-refractivity contribution in [2.45, 2.75) is 25.4 Å². The first kappa shape index (κ1) is 11.2. The number of halogens is 2. The van der Waals surface area contributed by atoms with E-state index in [9.17, 15) is 8.78 Å². The first-order chi connectivity index (χ1) is 8.74. The monoisotopic (exact) mass is 249 g/mol. The van der Waals surface area contributed by atoms with E-state index in [0.29, 0.717) is 18.3 Å². The van der Waals surface area contributed by atoms with E-state index in [2.05, 4.69) is 14.9 Å². The van der Waals surface area contributed by atoms with Gasteiger partial charge in [-0.3, -0.25) is 0 Å². The molecule has 1 heterocycles. The van der Waals surface area contributed by atoms with Crippen molar-refractivity contribution in [3.8, 4) is 0 Å². The largest absolute Gasteiger partial charge is 0.377 e. The molecule has 0 saturated heterocycles. The summed E-state index contributed by atoms with van der Waals surface area (Å²) in [6.45, 7) is 0.485. The number of rotatable bonds is 4. The lowest BCUT2D eigenvalue weighted by atomic mass is 10.3. The van der Waals surface area contributed by atoms with Crippen LogP contribution >= 0.6 is 0 Å². The van der Waals surface area contributed by atoms with Crippen LogP contribution in [0.2, 0.25) is 0 Å². The van der Waals surface area contributed by atoms with Crippen LogP contribution < -0.4 is 5.32 Å².